The molecule has 0 spiro atoms. The molecule has 0 heterocycles. The number of anilines is 1. The number of ketones is 1. The third-order valence-corrected chi connectivity index (χ3v) is 3.26. The van der Waals surface area contributed by atoms with Crippen LogP contribution in [0.1, 0.15) is 49.5 Å². The van der Waals surface area contributed by atoms with E-state index in [1.807, 2.05) is 0 Å². The Bertz CT molecular complexity index is 630. The zero-order chi connectivity index (χ0) is 16.5. The summed E-state index contributed by atoms with van der Waals surface area (Å²) in [7, 11) is 0. The number of carbonyl (C=O) groups excluding carboxylic acids is 2. The summed E-state index contributed by atoms with van der Waals surface area (Å²) in [6.07, 6.45) is -0.453. The van der Waals surface area contributed by atoms with Crippen molar-refractivity contribution in [3.63, 3.8) is 0 Å². The second-order valence-electron chi connectivity index (χ2n) is 6.22. The highest BCUT2D eigenvalue weighted by Gasteiger charge is 2.29. The van der Waals surface area contributed by atoms with Crippen LogP contribution in [0.4, 0.5) is 15.3 Å². The van der Waals surface area contributed by atoms with Gasteiger partial charge in [0.15, 0.2) is 5.78 Å². The van der Waals surface area contributed by atoms with E-state index in [4.69, 9.17) is 4.74 Å². The van der Waals surface area contributed by atoms with Crippen LogP contribution in [0, 0.1) is 0 Å². The average Bonchev–Trinajstić information content (AvgIpc) is 2.36. The molecule has 0 atom stereocenters. The van der Waals surface area contributed by atoms with Gasteiger partial charge in [0.1, 0.15) is 5.60 Å². The lowest BCUT2D eigenvalue weighted by Gasteiger charge is -2.25. The molecule has 22 heavy (non-hydrogen) atoms. The van der Waals surface area contributed by atoms with E-state index >= 15 is 0 Å². The maximum Gasteiger partial charge on any atom is 0.424 e. The Hall–Kier alpha value is -2.37. The minimum atomic E-state index is -1.42. The number of fused-ring (bicyclic) bond motifs is 1. The lowest BCUT2D eigenvalue weighted by Crippen LogP contribution is -2.40. The van der Waals surface area contributed by atoms with Crippen molar-refractivity contribution < 1.29 is 24.2 Å². The molecule has 2 amide bonds. The van der Waals surface area contributed by atoms with Crippen molar-refractivity contribution in [2.75, 3.05) is 4.90 Å². The first-order valence-electron chi connectivity index (χ1n) is 7.11. The van der Waals surface area contributed by atoms with E-state index in [2.05, 4.69) is 0 Å². The molecule has 0 saturated carbocycles. The molecule has 1 aromatic carbocycles. The summed E-state index contributed by atoms with van der Waals surface area (Å²) in [6, 6.07) is 4.61. The van der Waals surface area contributed by atoms with Gasteiger partial charge in [0, 0.05) is 12.0 Å². The van der Waals surface area contributed by atoms with Crippen molar-refractivity contribution in [1.29, 1.82) is 0 Å². The number of amides is 2. The van der Waals surface area contributed by atoms with Gasteiger partial charge in [0.2, 0.25) is 0 Å². The molecule has 0 fully saturated rings. The molecule has 1 aliphatic carbocycles. The predicted molar refractivity (Wildman–Crippen MR) is 80.4 cm³/mol. The molecule has 6 heteroatoms. The molecular formula is C16H19NO5. The lowest BCUT2D eigenvalue weighted by atomic mass is 9.90. The van der Waals surface area contributed by atoms with Crippen molar-refractivity contribution in [2.24, 2.45) is 0 Å². The van der Waals surface area contributed by atoms with E-state index in [-0.39, 0.29) is 11.5 Å². The first-order valence-corrected chi connectivity index (χ1v) is 7.11. The van der Waals surface area contributed by atoms with Crippen LogP contribution in [0.5, 0.6) is 0 Å². The van der Waals surface area contributed by atoms with E-state index in [1.54, 1.807) is 32.9 Å². The number of Topliss-reactive ketones (excluding diaryl/α,β-unsaturated/α-hetero) is 1. The van der Waals surface area contributed by atoms with Crippen molar-refractivity contribution >= 4 is 23.7 Å². The number of nitrogens with zero attached hydrogens (tertiary/aromatic N) is 1. The Balaban J connectivity index is 2.36. The number of hydrogen-bond acceptors (Lipinski definition) is 4. The van der Waals surface area contributed by atoms with Crippen LogP contribution >= 0.6 is 0 Å². The highest BCUT2D eigenvalue weighted by molar-refractivity contribution is 6.09. The highest BCUT2D eigenvalue weighted by Crippen LogP contribution is 2.27. The van der Waals surface area contributed by atoms with Gasteiger partial charge in [0.05, 0.1) is 5.69 Å². The van der Waals surface area contributed by atoms with Gasteiger partial charge in [-0.2, -0.15) is 4.90 Å². The quantitative estimate of drug-likeness (QED) is 0.856. The summed E-state index contributed by atoms with van der Waals surface area (Å²) in [4.78, 5) is 35.9. The minimum absolute atomic E-state index is 0.0481. The molecule has 2 rings (SSSR count). The van der Waals surface area contributed by atoms with Gasteiger partial charge in [-0.1, -0.05) is 0 Å². The summed E-state index contributed by atoms with van der Waals surface area (Å²) < 4.78 is 5.12. The van der Waals surface area contributed by atoms with E-state index in [0.717, 1.165) is 12.0 Å². The fourth-order valence-corrected chi connectivity index (χ4v) is 2.37. The SMILES string of the molecule is CC(C)(C)OC(=O)N(C(=O)O)c1ccc2c(c1)CCCC2=O. The van der Waals surface area contributed by atoms with Crippen molar-refractivity contribution in [2.45, 2.75) is 45.6 Å². The standard InChI is InChI=1S/C16H19NO5/c1-16(2,3)22-15(21)17(14(19)20)11-7-8-12-10(9-11)5-4-6-13(12)18/h7-9H,4-6H2,1-3H3,(H,19,20). The van der Waals surface area contributed by atoms with Gasteiger partial charge in [0.25, 0.3) is 0 Å². The Kier molecular flexibility index (Phi) is 4.21. The maximum atomic E-state index is 12.1. The van der Waals surface area contributed by atoms with Crippen LogP contribution in [0.3, 0.4) is 0 Å². The number of rotatable bonds is 1. The Morgan fingerprint density at radius 1 is 1.23 bits per heavy atom. The molecule has 0 bridgehead atoms. The van der Waals surface area contributed by atoms with Gasteiger partial charge in [-0.3, -0.25) is 4.79 Å². The third kappa shape index (κ3) is 3.44. The predicted octanol–water partition coefficient (Wildman–Crippen LogP) is 3.63. The fourth-order valence-electron chi connectivity index (χ4n) is 2.37. The van der Waals surface area contributed by atoms with Crippen LogP contribution in [-0.4, -0.2) is 28.7 Å². The van der Waals surface area contributed by atoms with Gasteiger partial charge in [-0.15, -0.1) is 0 Å². The first kappa shape index (κ1) is 16.0. The molecule has 0 radical (unpaired) electrons. The van der Waals surface area contributed by atoms with E-state index in [1.165, 1.54) is 6.07 Å². The third-order valence-electron chi connectivity index (χ3n) is 3.26. The van der Waals surface area contributed by atoms with Gasteiger partial charge >= 0.3 is 12.2 Å². The molecule has 1 aromatic rings. The van der Waals surface area contributed by atoms with Gasteiger partial charge in [-0.05, 0) is 57.4 Å². The largest absolute Gasteiger partial charge is 0.464 e. The van der Waals surface area contributed by atoms with Crippen LogP contribution in [0.2, 0.25) is 0 Å². The van der Waals surface area contributed by atoms with Crippen LogP contribution in [0.15, 0.2) is 18.2 Å². The van der Waals surface area contributed by atoms with Crippen molar-refractivity contribution in [3.05, 3.63) is 29.3 Å². The molecule has 1 aliphatic rings. The smallest absolute Gasteiger partial charge is 0.424 e. The molecule has 0 unspecified atom stereocenters. The zero-order valence-electron chi connectivity index (χ0n) is 12.9. The second-order valence-corrected chi connectivity index (χ2v) is 6.22. The number of benzene rings is 1. The van der Waals surface area contributed by atoms with Gasteiger partial charge < -0.3 is 9.84 Å². The number of carboxylic acid groups (broad SMARTS) is 1. The lowest BCUT2D eigenvalue weighted by molar-refractivity contribution is 0.0582. The molecule has 0 aromatic heterocycles. The Morgan fingerprint density at radius 2 is 1.91 bits per heavy atom. The summed E-state index contributed by atoms with van der Waals surface area (Å²) in [6.45, 7) is 4.99. The number of hydrogen-bond donors (Lipinski definition) is 1. The van der Waals surface area contributed by atoms with E-state index in [9.17, 15) is 19.5 Å². The second kappa shape index (κ2) is 5.79. The Labute approximate surface area is 128 Å². The molecule has 6 nitrogen and oxygen atoms in total. The normalized spacial score (nSPS) is 14.2. The summed E-state index contributed by atoms with van der Waals surface area (Å²) in [5.41, 5.74) is 0.762. The number of carbonyl (C=O) groups is 3. The Morgan fingerprint density at radius 3 is 2.50 bits per heavy atom. The topological polar surface area (TPSA) is 83.9 Å². The average molecular weight is 305 g/mol. The number of imide groups is 1. The van der Waals surface area contributed by atoms with Crippen LogP contribution in [-0.2, 0) is 11.2 Å². The van der Waals surface area contributed by atoms with Gasteiger partial charge in [-0.25, -0.2) is 9.59 Å². The molecule has 0 saturated heterocycles. The van der Waals surface area contributed by atoms with E-state index < -0.39 is 17.8 Å². The highest BCUT2D eigenvalue weighted by atomic mass is 16.6. The maximum absolute atomic E-state index is 12.1. The minimum Gasteiger partial charge on any atom is -0.464 e. The summed E-state index contributed by atoms with van der Waals surface area (Å²) in [5.74, 6) is 0.0481. The van der Waals surface area contributed by atoms with Crippen LogP contribution < -0.4 is 4.90 Å². The summed E-state index contributed by atoms with van der Waals surface area (Å²) >= 11 is 0. The molecule has 1 N–H and O–H groups in total. The first-order chi connectivity index (χ1) is 10.2. The number of ether oxygens (including phenoxy) is 1. The monoisotopic (exact) mass is 305 g/mol. The van der Waals surface area contributed by atoms with Crippen LogP contribution in [0.25, 0.3) is 0 Å². The van der Waals surface area contributed by atoms with E-state index in [0.29, 0.717) is 23.3 Å². The molecular weight excluding hydrogens is 286 g/mol. The summed E-state index contributed by atoms with van der Waals surface area (Å²) in [5, 5.41) is 9.31. The van der Waals surface area contributed by atoms with Crippen molar-refractivity contribution in [1.82, 2.24) is 0 Å². The molecule has 0 aliphatic heterocycles. The fraction of sp³-hybridized carbons (Fsp3) is 0.438. The molecule has 118 valence electrons. The zero-order valence-corrected chi connectivity index (χ0v) is 12.9. The number of aryl methyl sites for hydroxylation is 1. The van der Waals surface area contributed by atoms with Crippen molar-refractivity contribution in [3.8, 4) is 0 Å².